The van der Waals surface area contributed by atoms with Crippen molar-refractivity contribution in [2.75, 3.05) is 112 Å². The predicted octanol–water partition coefficient (Wildman–Crippen LogP) is 5.95. The van der Waals surface area contributed by atoms with Gasteiger partial charge in [0.25, 0.3) is 0 Å². The molecular weight excluding hydrogens is 1580 g/mol. The molecule has 0 radical (unpaired) electrons. The third-order valence-electron chi connectivity index (χ3n) is 22.8. The molecule has 670 valence electrons. The molecule has 0 saturated carbocycles. The molecule has 32 nitrogen and oxygen atoms in total. The lowest BCUT2D eigenvalue weighted by Gasteiger charge is -2.41. The molecule has 2 aromatic carbocycles. The largest absolute Gasteiger partial charge is 0.489 e. The number of hydrogen-bond donors (Lipinski definition) is 7. The Balaban J connectivity index is 1.36. The molecule has 1 aromatic heterocycles. The van der Waals surface area contributed by atoms with Gasteiger partial charge in [0.2, 0.25) is 82.7 Å². The second kappa shape index (κ2) is 44.7. The highest BCUT2D eigenvalue weighted by Gasteiger charge is 2.46. The molecule has 121 heavy (non-hydrogen) atoms. The standard InChI is InChI=1S/C87H133ClFN17O15/c1-25-60-82(116)98(18)46-68(109)99(19)61(41-47(3)4)79(113)95-71(51(11)12)85(119)100(20)62(42-48(5)6)78(112)92-54(16)77(111)93-55(17)81(115)101(21)63(43-49(7)8)83(117)102(22)64(44-50(9)10)84(118)103(23)73(52(13)14)86(120)104(24)74(80(114)94-60)75(110)53(15)32-34-90-66(107)33-35-91-87-96-72-56-29-28-40-121-65-31-27-30-59(89)70(65)69(56)58(88)45-57(72)76(97-87)106-38-36-105(37-39-106)67(108)26-2/h26-31,45,47-55,60-64,71,73-75,110H,2,25,32-44,46H2,1,3-24H3,(H,90,107)(H,92,112)(H,93,111)(H,94,114)(H,95,113)(H,91,96,97)/t53-,54+,55-,60+,61+,62+,63+,64+,71+,73+,74+,75-/m1/s1. The Morgan fingerprint density at radius 2 is 1.16 bits per heavy atom. The second-order valence-electron chi connectivity index (χ2n) is 34.9. The monoisotopic (exact) mass is 1710 g/mol. The first-order valence-corrected chi connectivity index (χ1v) is 42.6. The van der Waals surface area contributed by atoms with Crippen LogP contribution in [-0.2, 0) is 62.3 Å². The van der Waals surface area contributed by atoms with E-state index in [9.17, 15) is 48.3 Å². The number of ether oxygens (including phenoxy) is 1. The maximum Gasteiger partial charge on any atom is 0.246 e. The average Bonchev–Trinajstić information content (AvgIpc) is 0.756. The summed E-state index contributed by atoms with van der Waals surface area (Å²) in [5.74, 6) is -11.5. The molecule has 34 heteroatoms. The number of piperazine rings is 1. The van der Waals surface area contributed by atoms with Gasteiger partial charge >= 0.3 is 0 Å². The highest BCUT2D eigenvalue weighted by atomic mass is 35.5. The number of carbonyl (C=O) groups excluding carboxylic acids is 13. The van der Waals surface area contributed by atoms with E-state index < -0.39 is 168 Å². The van der Waals surface area contributed by atoms with Crippen molar-refractivity contribution in [2.45, 2.75) is 222 Å². The first-order valence-electron chi connectivity index (χ1n) is 42.2. The van der Waals surface area contributed by atoms with E-state index in [0.717, 1.165) is 9.80 Å². The van der Waals surface area contributed by atoms with E-state index >= 15 is 23.6 Å². The lowest BCUT2D eigenvalue weighted by atomic mass is 9.91. The van der Waals surface area contributed by atoms with Gasteiger partial charge in [0.05, 0.1) is 28.8 Å². The molecular formula is C87H133ClFN17O15. The molecule has 2 fully saturated rings. The van der Waals surface area contributed by atoms with E-state index in [-0.39, 0.29) is 117 Å². The molecule has 7 N–H and O–H groups in total. The fraction of sp³-hybridized carbons (Fsp3) is 0.644. The normalized spacial score (nSPS) is 23.4. The number of carbonyl (C=O) groups is 13. The molecule has 3 aromatic rings. The highest BCUT2D eigenvalue weighted by molar-refractivity contribution is 6.35. The van der Waals surface area contributed by atoms with Crippen LogP contribution in [0.4, 0.5) is 16.2 Å². The third-order valence-corrected chi connectivity index (χ3v) is 23.1. The Morgan fingerprint density at radius 1 is 0.620 bits per heavy atom. The maximum absolute atomic E-state index is 15.9. The van der Waals surface area contributed by atoms with Crippen molar-refractivity contribution in [1.82, 2.24) is 75.8 Å². The fourth-order valence-electron chi connectivity index (χ4n) is 15.6. The van der Waals surface area contributed by atoms with Crippen LogP contribution >= 0.6 is 11.6 Å². The molecule has 6 rings (SSSR count). The second-order valence-corrected chi connectivity index (χ2v) is 35.3. The van der Waals surface area contributed by atoms with Crippen molar-refractivity contribution in [2.24, 2.45) is 41.4 Å². The molecule has 3 aliphatic rings. The summed E-state index contributed by atoms with van der Waals surface area (Å²) in [5, 5.41) is 30.6. The molecule has 0 unspecified atom stereocenters. The number of benzene rings is 2. The fourth-order valence-corrected chi connectivity index (χ4v) is 15.9. The van der Waals surface area contributed by atoms with Crippen LogP contribution in [-0.4, -0.2) is 299 Å². The lowest BCUT2D eigenvalue weighted by molar-refractivity contribution is -0.157. The summed E-state index contributed by atoms with van der Waals surface area (Å²) >= 11 is 7.10. The minimum atomic E-state index is -1.82. The first kappa shape index (κ1) is 99.8. The van der Waals surface area contributed by atoms with Gasteiger partial charge in [0.1, 0.15) is 84.4 Å². The smallest absolute Gasteiger partial charge is 0.246 e. The van der Waals surface area contributed by atoms with Crippen LogP contribution in [0.3, 0.4) is 0 Å². The molecule has 0 aliphatic carbocycles. The van der Waals surface area contributed by atoms with Gasteiger partial charge < -0.3 is 85.8 Å². The number of halogens is 2. The number of fused-ring (bicyclic) bond motifs is 5. The summed E-state index contributed by atoms with van der Waals surface area (Å²) in [4.78, 5) is 212. The average molecular weight is 1710 g/mol. The van der Waals surface area contributed by atoms with Crippen LogP contribution in [0.5, 0.6) is 5.75 Å². The van der Waals surface area contributed by atoms with Crippen LogP contribution < -0.4 is 41.5 Å². The van der Waals surface area contributed by atoms with Crippen molar-refractivity contribution >= 4 is 117 Å². The van der Waals surface area contributed by atoms with Gasteiger partial charge in [0, 0.05) is 112 Å². The number of rotatable bonds is 22. The van der Waals surface area contributed by atoms with Crippen molar-refractivity contribution in [3.63, 3.8) is 0 Å². The predicted molar refractivity (Wildman–Crippen MR) is 463 cm³/mol. The Hall–Kier alpha value is -10.1. The topological polar surface area (TPSA) is 378 Å². The van der Waals surface area contributed by atoms with E-state index in [0.29, 0.717) is 54.0 Å². The summed E-state index contributed by atoms with van der Waals surface area (Å²) in [6.07, 6.45) is 3.21. The van der Waals surface area contributed by atoms with E-state index in [1.807, 2.05) is 60.3 Å². The molecule has 12 atom stereocenters. The van der Waals surface area contributed by atoms with E-state index in [1.54, 1.807) is 76.8 Å². The summed E-state index contributed by atoms with van der Waals surface area (Å²) in [7, 11) is 9.67. The SMILES string of the molecule is C=CC(=O)N1CCN(c2nc(NCCC(=O)NCC[C@@H](C)[C@@H](O)[C@H]3C(=O)N[C@@H](CC)C(=O)N(C)CC(=O)N(C)[C@@H](CC(C)C)C(=O)N[C@@H](C(C)C)C(=O)N(C)[C@@H](CC(C)C)C(=O)N[C@@H](C)C(=O)N[C@H](C)C(=O)N(C)[C@@H](CC(C)C)C(=O)N(C)[C@@H](CC(C)C)C(=O)N(C)[C@@H](C(C)C)C(=O)N3C)nc3c4c(c(Cl)cc23)-c2c(F)cccc2OCC=C4)CC1. The quantitative estimate of drug-likeness (QED) is 0.0571. The minimum Gasteiger partial charge on any atom is -0.489 e. The molecule has 0 bridgehead atoms. The Labute approximate surface area is 717 Å². The number of nitrogens with one attached hydrogen (secondary N) is 6. The third kappa shape index (κ3) is 25.3. The Bertz CT molecular complexity index is 4270. The summed E-state index contributed by atoms with van der Waals surface area (Å²) in [5.41, 5.74) is 1.41. The molecule has 3 aliphatic heterocycles. The van der Waals surface area contributed by atoms with Gasteiger partial charge in [-0.3, -0.25) is 62.3 Å². The van der Waals surface area contributed by atoms with E-state index in [2.05, 4.69) is 38.5 Å². The molecule has 0 spiro atoms. The maximum atomic E-state index is 15.9. The van der Waals surface area contributed by atoms with Crippen molar-refractivity contribution in [3.8, 4) is 16.9 Å². The van der Waals surface area contributed by atoms with Gasteiger partial charge in [-0.2, -0.15) is 4.98 Å². The zero-order chi connectivity index (χ0) is 90.8. The summed E-state index contributed by atoms with van der Waals surface area (Å²) in [6.45, 7) is 32.1. The number of anilines is 2. The Morgan fingerprint density at radius 3 is 1.72 bits per heavy atom. The minimum absolute atomic E-state index is 0.00432. The Kier molecular flexibility index (Phi) is 36.8. The zero-order valence-electron chi connectivity index (χ0n) is 75.1. The van der Waals surface area contributed by atoms with Crippen LogP contribution in [0.1, 0.15) is 161 Å². The first-order chi connectivity index (χ1) is 56.7. The number of aliphatic hydroxyl groups excluding tert-OH is 1. The zero-order valence-corrected chi connectivity index (χ0v) is 75.8. The van der Waals surface area contributed by atoms with Gasteiger partial charge in [-0.05, 0) is 124 Å². The van der Waals surface area contributed by atoms with Gasteiger partial charge in [-0.15, -0.1) is 0 Å². The molecule has 4 heterocycles. The van der Waals surface area contributed by atoms with Gasteiger partial charge in [-0.25, -0.2) is 9.37 Å². The van der Waals surface area contributed by atoms with Crippen LogP contribution in [0.25, 0.3) is 28.1 Å². The number of hydrogen-bond acceptors (Lipinski definition) is 19. The van der Waals surface area contributed by atoms with Gasteiger partial charge in [0.15, 0.2) is 0 Å². The summed E-state index contributed by atoms with van der Waals surface area (Å²) < 4.78 is 21.9. The van der Waals surface area contributed by atoms with Crippen molar-refractivity contribution in [3.05, 3.63) is 59.4 Å². The van der Waals surface area contributed by atoms with E-state index in [4.69, 9.17) is 26.3 Å². The number of likely N-dealkylation sites (N-methyl/N-ethyl adjacent to an activating group) is 7. The number of aromatic nitrogens is 2. The summed E-state index contributed by atoms with van der Waals surface area (Å²) in [6, 6.07) is -7.08. The number of amides is 13. The van der Waals surface area contributed by atoms with Crippen molar-refractivity contribution in [1.29, 1.82) is 0 Å². The molecule has 13 amide bonds. The molecule has 2 saturated heterocycles. The number of aliphatic hydroxyl groups is 1. The van der Waals surface area contributed by atoms with Crippen molar-refractivity contribution < 1.29 is 76.6 Å². The highest BCUT2D eigenvalue weighted by Crippen LogP contribution is 2.45. The lowest BCUT2D eigenvalue weighted by Crippen LogP contribution is -2.63. The van der Waals surface area contributed by atoms with E-state index in [1.165, 1.54) is 99.8 Å². The number of nitrogens with zero attached hydrogens (tertiary/aromatic N) is 11. The van der Waals surface area contributed by atoms with Crippen LogP contribution in [0.2, 0.25) is 5.02 Å². The van der Waals surface area contributed by atoms with Crippen LogP contribution in [0.15, 0.2) is 43.0 Å². The van der Waals surface area contributed by atoms with Gasteiger partial charge in [-0.1, -0.05) is 127 Å². The van der Waals surface area contributed by atoms with Crippen LogP contribution in [0, 0.1) is 47.2 Å².